The van der Waals surface area contributed by atoms with Crippen LogP contribution in [0.15, 0.2) is 30.7 Å². The Balaban J connectivity index is 1.53. The van der Waals surface area contributed by atoms with E-state index in [4.69, 9.17) is 4.74 Å². The molecule has 0 N–H and O–H groups in total. The van der Waals surface area contributed by atoms with Crippen molar-refractivity contribution in [2.75, 3.05) is 26.3 Å². The Hall–Kier alpha value is -2.21. The Bertz CT molecular complexity index is 692. The first-order chi connectivity index (χ1) is 11.3. The number of carbonyl (C=O) groups excluding carboxylic acids is 1. The lowest BCUT2D eigenvalue weighted by atomic mass is 10.1. The Morgan fingerprint density at radius 2 is 2.22 bits per heavy atom. The Labute approximate surface area is 135 Å². The summed E-state index contributed by atoms with van der Waals surface area (Å²) >= 11 is 0. The highest BCUT2D eigenvalue weighted by Gasteiger charge is 2.29. The highest BCUT2D eigenvalue weighted by atomic mass is 16.5. The minimum absolute atomic E-state index is 0.0400. The molecule has 1 saturated heterocycles. The van der Waals surface area contributed by atoms with Crippen LogP contribution < -0.4 is 0 Å². The number of aromatic nitrogens is 3. The van der Waals surface area contributed by atoms with E-state index in [1.165, 1.54) is 0 Å². The van der Waals surface area contributed by atoms with Gasteiger partial charge in [-0.15, -0.1) is 0 Å². The molecule has 1 fully saturated rings. The van der Waals surface area contributed by atoms with Crippen molar-refractivity contribution in [3.63, 3.8) is 0 Å². The molecule has 0 saturated carbocycles. The van der Waals surface area contributed by atoms with Gasteiger partial charge in [-0.1, -0.05) is 0 Å². The molecule has 2 aliphatic heterocycles. The first-order valence-corrected chi connectivity index (χ1v) is 8.14. The van der Waals surface area contributed by atoms with Gasteiger partial charge in [0.25, 0.3) is 0 Å². The Morgan fingerprint density at radius 3 is 3.00 bits per heavy atom. The van der Waals surface area contributed by atoms with Gasteiger partial charge in [0.1, 0.15) is 5.82 Å². The van der Waals surface area contributed by atoms with Crippen LogP contribution in [0.25, 0.3) is 11.3 Å². The third kappa shape index (κ3) is 2.74. The summed E-state index contributed by atoms with van der Waals surface area (Å²) in [4.78, 5) is 23.3. The molecular formula is C17H20N4O2. The lowest BCUT2D eigenvalue weighted by molar-refractivity contribution is -0.135. The van der Waals surface area contributed by atoms with Crippen molar-refractivity contribution in [2.24, 2.45) is 5.92 Å². The highest BCUT2D eigenvalue weighted by molar-refractivity contribution is 5.79. The largest absolute Gasteiger partial charge is 0.381 e. The van der Waals surface area contributed by atoms with E-state index in [1.807, 2.05) is 29.4 Å². The van der Waals surface area contributed by atoms with Crippen LogP contribution in [0, 0.1) is 5.92 Å². The number of carbonyl (C=O) groups is 1. The first-order valence-electron chi connectivity index (χ1n) is 8.14. The minimum Gasteiger partial charge on any atom is -0.381 e. The zero-order valence-electron chi connectivity index (χ0n) is 13.0. The molecule has 0 radical (unpaired) electrons. The molecule has 6 nitrogen and oxygen atoms in total. The summed E-state index contributed by atoms with van der Waals surface area (Å²) in [6.45, 7) is 3.52. The number of ether oxygens (including phenoxy) is 1. The number of pyridine rings is 1. The zero-order chi connectivity index (χ0) is 15.6. The van der Waals surface area contributed by atoms with Crippen molar-refractivity contribution in [1.29, 1.82) is 0 Å². The van der Waals surface area contributed by atoms with E-state index >= 15 is 0 Å². The summed E-state index contributed by atoms with van der Waals surface area (Å²) in [5, 5.41) is 0. The van der Waals surface area contributed by atoms with Crippen molar-refractivity contribution in [3.8, 4) is 11.3 Å². The molecular weight excluding hydrogens is 292 g/mol. The molecule has 2 aromatic heterocycles. The maximum absolute atomic E-state index is 12.6. The predicted octanol–water partition coefficient (Wildman–Crippen LogP) is 1.37. The van der Waals surface area contributed by atoms with Gasteiger partial charge in [0.15, 0.2) is 0 Å². The molecule has 1 atom stereocenters. The first kappa shape index (κ1) is 14.4. The normalized spacial score (nSPS) is 21.0. The molecule has 23 heavy (non-hydrogen) atoms. The molecule has 0 spiro atoms. The molecule has 0 aliphatic carbocycles. The maximum Gasteiger partial charge on any atom is 0.228 e. The van der Waals surface area contributed by atoms with Crippen LogP contribution in [-0.4, -0.2) is 51.6 Å². The average molecular weight is 312 g/mol. The van der Waals surface area contributed by atoms with Crippen LogP contribution in [-0.2, 0) is 22.5 Å². The smallest absolute Gasteiger partial charge is 0.228 e. The molecule has 0 unspecified atom stereocenters. The summed E-state index contributed by atoms with van der Waals surface area (Å²) < 4.78 is 7.57. The van der Waals surface area contributed by atoms with Crippen LogP contribution in [0.4, 0.5) is 0 Å². The van der Waals surface area contributed by atoms with E-state index in [1.54, 1.807) is 6.20 Å². The van der Waals surface area contributed by atoms with Crippen LogP contribution in [0.5, 0.6) is 0 Å². The molecule has 6 heteroatoms. The van der Waals surface area contributed by atoms with Crippen LogP contribution in [0.3, 0.4) is 0 Å². The molecule has 2 aromatic rings. The summed E-state index contributed by atoms with van der Waals surface area (Å²) in [5.74, 6) is 1.32. The fourth-order valence-corrected chi connectivity index (χ4v) is 3.38. The number of amides is 1. The van der Waals surface area contributed by atoms with Gasteiger partial charge in [-0.25, -0.2) is 4.98 Å². The molecule has 120 valence electrons. The van der Waals surface area contributed by atoms with Crippen molar-refractivity contribution in [2.45, 2.75) is 19.4 Å². The quantitative estimate of drug-likeness (QED) is 0.840. The maximum atomic E-state index is 12.6. The fourth-order valence-electron chi connectivity index (χ4n) is 3.38. The van der Waals surface area contributed by atoms with Crippen molar-refractivity contribution >= 4 is 5.91 Å². The Kier molecular flexibility index (Phi) is 3.83. The summed E-state index contributed by atoms with van der Waals surface area (Å²) in [7, 11) is 0. The van der Waals surface area contributed by atoms with E-state index in [2.05, 4.69) is 14.5 Å². The SMILES string of the molecule is O=C([C@@H]1CCOC1)N1CCc2ncc(-c3cccnc3)n2CC1. The second-order valence-corrected chi connectivity index (χ2v) is 6.09. The summed E-state index contributed by atoms with van der Waals surface area (Å²) in [5.41, 5.74) is 2.14. The molecule has 4 heterocycles. The molecule has 1 amide bonds. The molecule has 2 aliphatic rings. The number of rotatable bonds is 2. The van der Waals surface area contributed by atoms with Gasteiger partial charge >= 0.3 is 0 Å². The van der Waals surface area contributed by atoms with E-state index < -0.39 is 0 Å². The van der Waals surface area contributed by atoms with Crippen molar-refractivity contribution < 1.29 is 9.53 Å². The van der Waals surface area contributed by atoms with Crippen LogP contribution in [0.1, 0.15) is 12.2 Å². The van der Waals surface area contributed by atoms with Gasteiger partial charge in [-0.2, -0.15) is 0 Å². The number of hydrogen-bond donors (Lipinski definition) is 0. The third-order valence-corrected chi connectivity index (χ3v) is 4.68. The number of fused-ring (bicyclic) bond motifs is 1. The van der Waals surface area contributed by atoms with Gasteiger partial charge in [0, 0.05) is 50.6 Å². The lowest BCUT2D eigenvalue weighted by Gasteiger charge is -2.23. The molecule has 4 rings (SSSR count). The second kappa shape index (κ2) is 6.12. The van der Waals surface area contributed by atoms with Gasteiger partial charge in [-0.3, -0.25) is 9.78 Å². The van der Waals surface area contributed by atoms with E-state index in [-0.39, 0.29) is 11.8 Å². The van der Waals surface area contributed by atoms with Crippen molar-refractivity contribution in [1.82, 2.24) is 19.4 Å². The van der Waals surface area contributed by atoms with Crippen molar-refractivity contribution in [3.05, 3.63) is 36.5 Å². The topological polar surface area (TPSA) is 60.2 Å². The average Bonchev–Trinajstić information content (AvgIpc) is 3.21. The van der Waals surface area contributed by atoms with E-state index in [9.17, 15) is 4.79 Å². The summed E-state index contributed by atoms with van der Waals surface area (Å²) in [6.07, 6.45) is 7.18. The van der Waals surface area contributed by atoms with Gasteiger partial charge < -0.3 is 14.2 Å². The molecule has 0 bridgehead atoms. The van der Waals surface area contributed by atoms with E-state index in [0.29, 0.717) is 13.2 Å². The van der Waals surface area contributed by atoms with Gasteiger partial charge in [0.2, 0.25) is 5.91 Å². The molecule has 0 aromatic carbocycles. The lowest BCUT2D eigenvalue weighted by Crippen LogP contribution is -2.38. The fraction of sp³-hybridized carbons (Fsp3) is 0.471. The number of nitrogens with zero attached hydrogens (tertiary/aromatic N) is 4. The van der Waals surface area contributed by atoms with Gasteiger partial charge in [-0.05, 0) is 18.6 Å². The highest BCUT2D eigenvalue weighted by Crippen LogP contribution is 2.23. The number of hydrogen-bond acceptors (Lipinski definition) is 4. The van der Waals surface area contributed by atoms with Crippen LogP contribution in [0.2, 0.25) is 0 Å². The monoisotopic (exact) mass is 312 g/mol. The zero-order valence-corrected chi connectivity index (χ0v) is 13.0. The minimum atomic E-state index is 0.0400. The predicted molar refractivity (Wildman–Crippen MR) is 84.7 cm³/mol. The Morgan fingerprint density at radius 1 is 1.26 bits per heavy atom. The standard InChI is InChI=1S/C17H20N4O2/c22-17(14-4-9-23-12-14)20-6-3-16-19-11-15(21(16)8-7-20)13-2-1-5-18-10-13/h1-2,5,10-11,14H,3-4,6-9,12H2/t14-/m1/s1. The second-order valence-electron chi connectivity index (χ2n) is 6.09. The third-order valence-electron chi connectivity index (χ3n) is 4.68. The van der Waals surface area contributed by atoms with Crippen LogP contribution >= 0.6 is 0 Å². The summed E-state index contributed by atoms with van der Waals surface area (Å²) in [6, 6.07) is 3.98. The number of imidazole rings is 1. The van der Waals surface area contributed by atoms with Gasteiger partial charge in [0.05, 0.1) is 24.4 Å². The van der Waals surface area contributed by atoms with E-state index in [0.717, 1.165) is 49.6 Å².